The summed E-state index contributed by atoms with van der Waals surface area (Å²) in [6, 6.07) is 50.1. The van der Waals surface area contributed by atoms with Crippen molar-refractivity contribution in [2.24, 2.45) is 0 Å². The van der Waals surface area contributed by atoms with E-state index in [9.17, 15) is 0 Å². The third-order valence-electron chi connectivity index (χ3n) is 11.9. The van der Waals surface area contributed by atoms with Crippen LogP contribution in [0.3, 0.4) is 0 Å². The molecule has 2 aliphatic rings. The van der Waals surface area contributed by atoms with Gasteiger partial charge in [-0.05, 0) is 150 Å². The Kier molecular flexibility index (Phi) is 7.12. The maximum Gasteiger partial charge on any atom is 0.0468 e. The molecular formula is C50H46N2. The summed E-state index contributed by atoms with van der Waals surface area (Å²) >= 11 is 0. The van der Waals surface area contributed by atoms with E-state index in [1.165, 1.54) is 72.1 Å². The van der Waals surface area contributed by atoms with E-state index in [1.54, 1.807) is 0 Å². The number of nitrogens with zero attached hydrogens (tertiary/aromatic N) is 2. The lowest BCUT2D eigenvalue weighted by Crippen LogP contribution is -2.25. The van der Waals surface area contributed by atoms with Crippen molar-refractivity contribution in [1.82, 2.24) is 0 Å². The molecule has 0 aromatic heterocycles. The molecule has 0 bridgehead atoms. The van der Waals surface area contributed by atoms with Gasteiger partial charge < -0.3 is 9.80 Å². The standard InChI is InChI=1S/C50H46N2/c1-31-12-18-35(19-13-31)51(36-20-14-32(2)15-21-36)38-24-26-39(27-25-38)52(37-22-16-33(3)17-23-37)40-29-44-47-45(30-40)50(7,8)43-28-34(4)41-10-9-11-42(49(44,5)6)46(41)48(43)47/h9-30H,1-8H3. The van der Waals surface area contributed by atoms with Crippen LogP contribution < -0.4 is 9.80 Å². The maximum absolute atomic E-state index is 2.49. The van der Waals surface area contributed by atoms with E-state index >= 15 is 0 Å². The molecular weight excluding hydrogens is 629 g/mol. The summed E-state index contributed by atoms with van der Waals surface area (Å²) in [4.78, 5) is 4.80. The molecule has 2 heteroatoms. The van der Waals surface area contributed by atoms with Gasteiger partial charge >= 0.3 is 0 Å². The smallest absolute Gasteiger partial charge is 0.0468 e. The van der Waals surface area contributed by atoms with Gasteiger partial charge in [-0.2, -0.15) is 0 Å². The summed E-state index contributed by atoms with van der Waals surface area (Å²) in [6.45, 7) is 18.4. The van der Waals surface area contributed by atoms with E-state index in [0.29, 0.717) is 0 Å². The Balaban J connectivity index is 1.23. The van der Waals surface area contributed by atoms with Crippen molar-refractivity contribution in [3.63, 3.8) is 0 Å². The second-order valence-electron chi connectivity index (χ2n) is 16.2. The topological polar surface area (TPSA) is 6.48 Å². The number of aryl methyl sites for hydroxylation is 4. The minimum Gasteiger partial charge on any atom is -0.311 e. The van der Waals surface area contributed by atoms with Gasteiger partial charge in [0.15, 0.2) is 0 Å². The molecule has 0 N–H and O–H groups in total. The Morgan fingerprint density at radius 1 is 0.365 bits per heavy atom. The molecule has 52 heavy (non-hydrogen) atoms. The van der Waals surface area contributed by atoms with Crippen LogP contribution in [0.15, 0.2) is 133 Å². The monoisotopic (exact) mass is 674 g/mol. The van der Waals surface area contributed by atoms with Crippen LogP contribution in [0.1, 0.15) is 72.2 Å². The second-order valence-corrected chi connectivity index (χ2v) is 16.2. The van der Waals surface area contributed by atoms with Crippen LogP contribution in [0.4, 0.5) is 34.1 Å². The fourth-order valence-electron chi connectivity index (χ4n) is 8.95. The van der Waals surface area contributed by atoms with E-state index in [2.05, 4.69) is 199 Å². The zero-order chi connectivity index (χ0) is 36.1. The average molecular weight is 675 g/mol. The summed E-state index contributed by atoms with van der Waals surface area (Å²) < 4.78 is 0. The van der Waals surface area contributed by atoms with Crippen LogP contribution in [-0.2, 0) is 10.8 Å². The van der Waals surface area contributed by atoms with Crippen LogP contribution in [0.25, 0.3) is 21.9 Å². The molecule has 2 nitrogen and oxygen atoms in total. The number of rotatable bonds is 6. The van der Waals surface area contributed by atoms with Gasteiger partial charge in [0.2, 0.25) is 0 Å². The number of anilines is 6. The molecule has 9 rings (SSSR count). The number of hydrogen-bond donors (Lipinski definition) is 0. The van der Waals surface area contributed by atoms with Crippen LogP contribution in [0, 0.1) is 27.7 Å². The molecule has 7 aromatic rings. The Bertz CT molecular complexity index is 2470. The van der Waals surface area contributed by atoms with Gasteiger partial charge in [0.1, 0.15) is 0 Å². The Morgan fingerprint density at radius 3 is 1.17 bits per heavy atom. The van der Waals surface area contributed by atoms with E-state index in [4.69, 9.17) is 0 Å². The lowest BCUT2D eigenvalue weighted by atomic mass is 9.68. The molecule has 7 aromatic carbocycles. The normalized spacial score (nSPS) is 14.5. The van der Waals surface area contributed by atoms with Crippen molar-refractivity contribution >= 4 is 44.9 Å². The first-order valence-corrected chi connectivity index (χ1v) is 18.6. The highest BCUT2D eigenvalue weighted by Gasteiger charge is 2.45. The first-order chi connectivity index (χ1) is 24.9. The summed E-state index contributed by atoms with van der Waals surface area (Å²) in [7, 11) is 0. The third kappa shape index (κ3) is 4.77. The van der Waals surface area contributed by atoms with Crippen LogP contribution in [0.2, 0.25) is 0 Å². The zero-order valence-electron chi connectivity index (χ0n) is 31.6. The summed E-state index contributed by atoms with van der Waals surface area (Å²) in [6.07, 6.45) is 0. The van der Waals surface area contributed by atoms with E-state index < -0.39 is 0 Å². The summed E-state index contributed by atoms with van der Waals surface area (Å²) in [5.41, 5.74) is 20.3. The van der Waals surface area contributed by atoms with Gasteiger partial charge in [-0.1, -0.05) is 105 Å². The predicted octanol–water partition coefficient (Wildman–Crippen LogP) is 14.0. The highest BCUT2D eigenvalue weighted by molar-refractivity contribution is 6.10. The highest BCUT2D eigenvalue weighted by atomic mass is 15.2. The zero-order valence-corrected chi connectivity index (χ0v) is 31.6. The Labute approximate surface area is 309 Å². The third-order valence-corrected chi connectivity index (χ3v) is 11.9. The fraction of sp³-hybridized carbons (Fsp3) is 0.200. The van der Waals surface area contributed by atoms with Crippen molar-refractivity contribution in [2.45, 2.75) is 66.2 Å². The average Bonchev–Trinajstić information content (AvgIpc) is 3.36. The molecule has 0 saturated carbocycles. The van der Waals surface area contributed by atoms with E-state index in [0.717, 1.165) is 28.4 Å². The van der Waals surface area contributed by atoms with E-state index in [-0.39, 0.29) is 10.8 Å². The van der Waals surface area contributed by atoms with Crippen molar-refractivity contribution in [3.8, 4) is 11.1 Å². The number of hydrogen-bond acceptors (Lipinski definition) is 2. The van der Waals surface area contributed by atoms with Crippen LogP contribution in [-0.4, -0.2) is 0 Å². The molecule has 0 aliphatic heterocycles. The number of benzene rings is 7. The minimum atomic E-state index is -0.163. The van der Waals surface area contributed by atoms with Crippen LogP contribution in [0.5, 0.6) is 0 Å². The first-order valence-electron chi connectivity index (χ1n) is 18.6. The molecule has 0 spiro atoms. The molecule has 0 fully saturated rings. The summed E-state index contributed by atoms with van der Waals surface area (Å²) in [5, 5.41) is 2.83. The van der Waals surface area contributed by atoms with Gasteiger partial charge in [0.05, 0.1) is 0 Å². The van der Waals surface area contributed by atoms with Gasteiger partial charge in [0, 0.05) is 45.0 Å². The first kappa shape index (κ1) is 32.3. The second kappa shape index (κ2) is 11.5. The quantitative estimate of drug-likeness (QED) is 0.173. The molecule has 0 heterocycles. The van der Waals surface area contributed by atoms with Crippen LogP contribution >= 0.6 is 0 Å². The molecule has 0 saturated heterocycles. The van der Waals surface area contributed by atoms with Crippen molar-refractivity contribution in [3.05, 3.63) is 178 Å². The Morgan fingerprint density at radius 2 is 0.731 bits per heavy atom. The largest absolute Gasteiger partial charge is 0.311 e. The Hall–Kier alpha value is -5.60. The predicted molar refractivity (Wildman–Crippen MR) is 222 cm³/mol. The maximum atomic E-state index is 2.49. The molecule has 0 radical (unpaired) electrons. The molecule has 2 aliphatic carbocycles. The van der Waals surface area contributed by atoms with Gasteiger partial charge in [0.25, 0.3) is 0 Å². The van der Waals surface area contributed by atoms with Crippen molar-refractivity contribution in [1.29, 1.82) is 0 Å². The minimum absolute atomic E-state index is 0.132. The van der Waals surface area contributed by atoms with Gasteiger partial charge in [-0.25, -0.2) is 0 Å². The van der Waals surface area contributed by atoms with Gasteiger partial charge in [-0.15, -0.1) is 0 Å². The molecule has 256 valence electrons. The van der Waals surface area contributed by atoms with Gasteiger partial charge in [-0.3, -0.25) is 0 Å². The highest BCUT2D eigenvalue weighted by Crippen LogP contribution is 2.61. The van der Waals surface area contributed by atoms with Crippen molar-refractivity contribution < 1.29 is 0 Å². The lowest BCUT2D eigenvalue weighted by Gasteiger charge is -2.37. The SMILES string of the molecule is Cc1ccc(N(c2ccc(C)cc2)c2ccc(N(c3ccc(C)cc3)c3cc4c5c(c3)C(C)(C)c3cccc6c(C)cc(c-5c36)C4(C)C)cc2)cc1. The molecule has 0 atom stereocenters. The molecule has 0 unspecified atom stereocenters. The lowest BCUT2D eigenvalue weighted by molar-refractivity contribution is 0.639. The summed E-state index contributed by atoms with van der Waals surface area (Å²) in [5.74, 6) is 0. The fourth-order valence-corrected chi connectivity index (χ4v) is 8.95. The van der Waals surface area contributed by atoms with Crippen molar-refractivity contribution in [2.75, 3.05) is 9.80 Å². The molecule has 0 amide bonds. The van der Waals surface area contributed by atoms with E-state index in [1.807, 2.05) is 0 Å².